The average molecular weight is 363 g/mol. The van der Waals surface area contributed by atoms with Gasteiger partial charge in [-0.1, -0.05) is 17.7 Å². The zero-order valence-corrected chi connectivity index (χ0v) is 15.0. The van der Waals surface area contributed by atoms with Gasteiger partial charge in [0.1, 0.15) is 5.75 Å². The van der Waals surface area contributed by atoms with Crippen LogP contribution in [0.25, 0.3) is 0 Å². The summed E-state index contributed by atoms with van der Waals surface area (Å²) in [7, 11) is 0. The van der Waals surface area contributed by atoms with E-state index in [0.717, 1.165) is 25.1 Å². The van der Waals surface area contributed by atoms with E-state index in [4.69, 9.17) is 16.3 Å². The summed E-state index contributed by atoms with van der Waals surface area (Å²) < 4.78 is 5.46. The summed E-state index contributed by atoms with van der Waals surface area (Å²) in [5.74, 6) is 1.26. The number of hydrogen-bond donors (Lipinski definition) is 2. The van der Waals surface area contributed by atoms with Gasteiger partial charge in [0.15, 0.2) is 0 Å². The molecule has 7 heteroatoms. The standard InChI is InChI=1S/C18H23ClN4O2/c1-2-25-17-5-4-13(10-14(17)19)11-23-9-6-15(16(24)12-23)22-18-20-7-3-8-21-18/h3-5,7-8,10,15-16,24H,2,6,9,11-12H2,1H3,(H,20,21,22)/t15-,16-/m0/s1. The molecule has 1 aromatic heterocycles. The normalized spacial score (nSPS) is 21.1. The first-order chi connectivity index (χ1) is 12.2. The Morgan fingerprint density at radius 2 is 2.16 bits per heavy atom. The molecule has 1 fully saturated rings. The van der Waals surface area contributed by atoms with E-state index >= 15 is 0 Å². The lowest BCUT2D eigenvalue weighted by Gasteiger charge is -2.36. The number of nitrogens with zero attached hydrogens (tertiary/aromatic N) is 3. The predicted octanol–water partition coefficient (Wildman–Crippen LogP) is 2.58. The molecule has 1 aromatic carbocycles. The quantitative estimate of drug-likeness (QED) is 0.823. The van der Waals surface area contributed by atoms with E-state index in [-0.39, 0.29) is 6.04 Å². The van der Waals surface area contributed by atoms with E-state index < -0.39 is 6.10 Å². The number of aliphatic hydroxyl groups excluding tert-OH is 1. The summed E-state index contributed by atoms with van der Waals surface area (Å²) in [6, 6.07) is 7.58. The fourth-order valence-corrected chi connectivity index (χ4v) is 3.28. The zero-order valence-electron chi connectivity index (χ0n) is 14.2. The Balaban J connectivity index is 1.55. The maximum absolute atomic E-state index is 10.4. The molecule has 25 heavy (non-hydrogen) atoms. The van der Waals surface area contributed by atoms with Gasteiger partial charge < -0.3 is 15.2 Å². The van der Waals surface area contributed by atoms with Crippen molar-refractivity contribution in [2.45, 2.75) is 32.0 Å². The Labute approximate surface area is 152 Å². The Hall–Kier alpha value is -1.89. The third kappa shape index (κ3) is 4.81. The van der Waals surface area contributed by atoms with Crippen LogP contribution in [0, 0.1) is 0 Å². The maximum Gasteiger partial charge on any atom is 0.222 e. The van der Waals surface area contributed by atoms with Gasteiger partial charge in [-0.3, -0.25) is 4.90 Å². The van der Waals surface area contributed by atoms with Crippen LogP contribution in [0.5, 0.6) is 5.75 Å². The second-order valence-corrected chi connectivity index (χ2v) is 6.52. The van der Waals surface area contributed by atoms with E-state index in [1.54, 1.807) is 18.5 Å². The molecule has 2 atom stereocenters. The highest BCUT2D eigenvalue weighted by Crippen LogP contribution is 2.26. The van der Waals surface area contributed by atoms with Gasteiger partial charge in [-0.2, -0.15) is 0 Å². The van der Waals surface area contributed by atoms with Crippen LogP contribution in [-0.2, 0) is 6.54 Å². The third-order valence-electron chi connectivity index (χ3n) is 4.25. The summed E-state index contributed by atoms with van der Waals surface area (Å²) in [5, 5.41) is 14.3. The minimum absolute atomic E-state index is 0.0393. The number of aliphatic hydroxyl groups is 1. The fraction of sp³-hybridized carbons (Fsp3) is 0.444. The number of rotatable bonds is 6. The Kier molecular flexibility index (Phi) is 6.07. The van der Waals surface area contributed by atoms with Crippen molar-refractivity contribution in [3.8, 4) is 5.75 Å². The summed E-state index contributed by atoms with van der Waals surface area (Å²) in [6.45, 7) is 4.75. The highest BCUT2D eigenvalue weighted by Gasteiger charge is 2.28. The second-order valence-electron chi connectivity index (χ2n) is 6.11. The molecule has 0 unspecified atom stereocenters. The molecule has 0 saturated carbocycles. The van der Waals surface area contributed by atoms with Crippen LogP contribution in [-0.4, -0.2) is 51.8 Å². The van der Waals surface area contributed by atoms with Crippen molar-refractivity contribution in [2.75, 3.05) is 25.0 Å². The van der Waals surface area contributed by atoms with Gasteiger partial charge in [0.2, 0.25) is 5.95 Å². The van der Waals surface area contributed by atoms with Gasteiger partial charge in [-0.15, -0.1) is 0 Å². The van der Waals surface area contributed by atoms with Crippen LogP contribution < -0.4 is 10.1 Å². The Morgan fingerprint density at radius 3 is 2.84 bits per heavy atom. The molecule has 0 amide bonds. The van der Waals surface area contributed by atoms with Crippen LogP contribution >= 0.6 is 11.6 Å². The first-order valence-electron chi connectivity index (χ1n) is 8.51. The number of likely N-dealkylation sites (tertiary alicyclic amines) is 1. The lowest BCUT2D eigenvalue weighted by molar-refractivity contribution is 0.0559. The van der Waals surface area contributed by atoms with Crippen molar-refractivity contribution in [3.63, 3.8) is 0 Å². The van der Waals surface area contributed by atoms with Crippen molar-refractivity contribution in [1.29, 1.82) is 0 Å². The van der Waals surface area contributed by atoms with E-state index in [1.807, 2.05) is 25.1 Å². The SMILES string of the molecule is CCOc1ccc(CN2CC[C@H](Nc3ncccn3)[C@@H](O)C2)cc1Cl. The van der Waals surface area contributed by atoms with Crippen molar-refractivity contribution in [3.05, 3.63) is 47.2 Å². The summed E-state index contributed by atoms with van der Waals surface area (Å²) in [6.07, 6.45) is 3.72. The molecule has 2 aromatic rings. The largest absolute Gasteiger partial charge is 0.492 e. The zero-order chi connectivity index (χ0) is 17.6. The molecular weight excluding hydrogens is 340 g/mol. The van der Waals surface area contributed by atoms with E-state index in [0.29, 0.717) is 29.9 Å². The number of halogens is 1. The summed E-state index contributed by atoms with van der Waals surface area (Å²) in [5.41, 5.74) is 1.11. The number of piperidine rings is 1. The molecule has 6 nitrogen and oxygen atoms in total. The fourth-order valence-electron chi connectivity index (χ4n) is 3.02. The molecule has 3 rings (SSSR count). The summed E-state index contributed by atoms with van der Waals surface area (Å²) >= 11 is 6.25. The smallest absolute Gasteiger partial charge is 0.222 e. The van der Waals surface area contributed by atoms with E-state index in [2.05, 4.69) is 20.2 Å². The third-order valence-corrected chi connectivity index (χ3v) is 4.54. The highest BCUT2D eigenvalue weighted by atomic mass is 35.5. The van der Waals surface area contributed by atoms with Gasteiger partial charge >= 0.3 is 0 Å². The number of hydrogen-bond acceptors (Lipinski definition) is 6. The lowest BCUT2D eigenvalue weighted by Crippen LogP contribution is -2.49. The van der Waals surface area contributed by atoms with Gasteiger partial charge in [0.05, 0.1) is 23.8 Å². The van der Waals surface area contributed by atoms with Gasteiger partial charge in [0, 0.05) is 32.0 Å². The summed E-state index contributed by atoms with van der Waals surface area (Å²) in [4.78, 5) is 10.5. The van der Waals surface area contributed by atoms with Gasteiger partial charge in [-0.25, -0.2) is 9.97 Å². The minimum Gasteiger partial charge on any atom is -0.492 e. The van der Waals surface area contributed by atoms with Crippen molar-refractivity contribution < 1.29 is 9.84 Å². The average Bonchev–Trinajstić information content (AvgIpc) is 2.61. The molecule has 2 heterocycles. The number of anilines is 1. The second kappa shape index (κ2) is 8.47. The first kappa shape index (κ1) is 17.9. The number of benzene rings is 1. The topological polar surface area (TPSA) is 70.5 Å². The molecule has 1 aliphatic heterocycles. The highest BCUT2D eigenvalue weighted by molar-refractivity contribution is 6.32. The first-order valence-corrected chi connectivity index (χ1v) is 8.88. The van der Waals surface area contributed by atoms with Crippen molar-refractivity contribution in [1.82, 2.24) is 14.9 Å². The molecule has 0 spiro atoms. The monoisotopic (exact) mass is 362 g/mol. The number of β-amino-alcohol motifs (C(OH)–C–C–N with tert-alkyl or cyclic N) is 1. The van der Waals surface area contributed by atoms with Crippen LogP contribution in [0.2, 0.25) is 5.02 Å². The molecule has 1 saturated heterocycles. The predicted molar refractivity (Wildman–Crippen MR) is 98.0 cm³/mol. The molecule has 134 valence electrons. The van der Waals surface area contributed by atoms with Gasteiger partial charge in [0.25, 0.3) is 0 Å². The molecule has 2 N–H and O–H groups in total. The number of nitrogens with one attached hydrogen (secondary N) is 1. The van der Waals surface area contributed by atoms with Crippen LogP contribution in [0.3, 0.4) is 0 Å². The van der Waals surface area contributed by atoms with Gasteiger partial charge in [-0.05, 0) is 37.1 Å². The van der Waals surface area contributed by atoms with Crippen LogP contribution in [0.1, 0.15) is 18.9 Å². The lowest BCUT2D eigenvalue weighted by atomic mass is 10.0. The van der Waals surface area contributed by atoms with Crippen molar-refractivity contribution in [2.24, 2.45) is 0 Å². The van der Waals surface area contributed by atoms with Crippen molar-refractivity contribution >= 4 is 17.5 Å². The molecular formula is C18H23ClN4O2. The van der Waals surface area contributed by atoms with E-state index in [9.17, 15) is 5.11 Å². The minimum atomic E-state index is -0.476. The molecule has 0 bridgehead atoms. The van der Waals surface area contributed by atoms with Crippen LogP contribution in [0.4, 0.5) is 5.95 Å². The number of aromatic nitrogens is 2. The Morgan fingerprint density at radius 1 is 1.36 bits per heavy atom. The maximum atomic E-state index is 10.4. The Bertz CT molecular complexity index is 686. The molecule has 0 radical (unpaired) electrons. The van der Waals surface area contributed by atoms with E-state index in [1.165, 1.54) is 0 Å². The molecule has 0 aliphatic carbocycles. The number of ether oxygens (including phenoxy) is 1. The molecule has 1 aliphatic rings. The van der Waals surface area contributed by atoms with Crippen LogP contribution in [0.15, 0.2) is 36.7 Å².